The zero-order valence-corrected chi connectivity index (χ0v) is 22.4. The number of hydrogen-bond donors (Lipinski definition) is 1. The first-order valence-electron chi connectivity index (χ1n) is 11.9. The van der Waals surface area contributed by atoms with E-state index in [4.69, 9.17) is 11.6 Å². The van der Waals surface area contributed by atoms with Crippen molar-refractivity contribution in [2.45, 2.75) is 17.2 Å². The Labute approximate surface area is 222 Å². The zero-order valence-electron chi connectivity index (χ0n) is 20.0. The standard InChI is InChI=1S/C27H30ClN3O3S2/c28-25-6-4-5-23(19-25)21-35-18-13-29-27(32)24-11-9-22(10-12-24)20-30-14-16-31(17-15-30)36(33,34)26-7-2-1-3-8-26/h1-12,19H,13-18,20-21H2,(H,29,32). The summed E-state index contributed by atoms with van der Waals surface area (Å²) in [6, 6.07) is 24.0. The van der Waals surface area contributed by atoms with Gasteiger partial charge in [0, 0.05) is 61.4 Å². The van der Waals surface area contributed by atoms with E-state index in [1.807, 2.05) is 54.6 Å². The summed E-state index contributed by atoms with van der Waals surface area (Å²) < 4.78 is 27.2. The van der Waals surface area contributed by atoms with E-state index >= 15 is 0 Å². The number of sulfonamides is 1. The Bertz CT molecular complexity index is 1250. The van der Waals surface area contributed by atoms with Crippen molar-refractivity contribution in [1.29, 1.82) is 0 Å². The molecule has 0 aliphatic carbocycles. The molecule has 36 heavy (non-hydrogen) atoms. The van der Waals surface area contributed by atoms with Crippen LogP contribution in [-0.4, -0.2) is 62.0 Å². The van der Waals surface area contributed by atoms with Gasteiger partial charge in [-0.2, -0.15) is 16.1 Å². The SMILES string of the molecule is O=C(NCCSCc1cccc(Cl)c1)c1ccc(CN2CCN(S(=O)(=O)c3ccccc3)CC2)cc1. The van der Waals surface area contributed by atoms with E-state index < -0.39 is 10.0 Å². The molecule has 1 amide bonds. The third-order valence-corrected chi connectivity index (χ3v) is 9.20. The molecule has 1 heterocycles. The largest absolute Gasteiger partial charge is 0.351 e. The first-order valence-corrected chi connectivity index (χ1v) is 14.9. The molecule has 1 fully saturated rings. The molecule has 4 rings (SSSR count). The summed E-state index contributed by atoms with van der Waals surface area (Å²) >= 11 is 7.76. The highest BCUT2D eigenvalue weighted by Crippen LogP contribution is 2.19. The Morgan fingerprint density at radius 3 is 2.31 bits per heavy atom. The van der Waals surface area contributed by atoms with Gasteiger partial charge in [0.15, 0.2) is 0 Å². The van der Waals surface area contributed by atoms with Gasteiger partial charge in [-0.15, -0.1) is 0 Å². The van der Waals surface area contributed by atoms with Gasteiger partial charge < -0.3 is 5.32 Å². The highest BCUT2D eigenvalue weighted by Gasteiger charge is 2.28. The maximum atomic E-state index is 12.8. The van der Waals surface area contributed by atoms with Crippen LogP contribution in [0.4, 0.5) is 0 Å². The molecule has 0 bridgehead atoms. The molecule has 0 aromatic heterocycles. The minimum Gasteiger partial charge on any atom is -0.351 e. The Morgan fingerprint density at radius 1 is 0.889 bits per heavy atom. The summed E-state index contributed by atoms with van der Waals surface area (Å²) in [5, 5.41) is 3.71. The lowest BCUT2D eigenvalue weighted by atomic mass is 10.1. The van der Waals surface area contributed by atoms with Gasteiger partial charge in [0.05, 0.1) is 4.90 Å². The summed E-state index contributed by atoms with van der Waals surface area (Å²) in [7, 11) is -3.45. The van der Waals surface area contributed by atoms with Gasteiger partial charge >= 0.3 is 0 Å². The average Bonchev–Trinajstić information content (AvgIpc) is 2.90. The van der Waals surface area contributed by atoms with Crippen molar-refractivity contribution >= 4 is 39.3 Å². The lowest BCUT2D eigenvalue weighted by Gasteiger charge is -2.34. The quantitative estimate of drug-likeness (QED) is 0.381. The van der Waals surface area contributed by atoms with Crippen LogP contribution in [0.5, 0.6) is 0 Å². The van der Waals surface area contributed by atoms with Gasteiger partial charge in [0.2, 0.25) is 10.0 Å². The van der Waals surface area contributed by atoms with Crippen LogP contribution in [0.15, 0.2) is 83.8 Å². The van der Waals surface area contributed by atoms with Gasteiger partial charge in [-0.3, -0.25) is 9.69 Å². The fraction of sp³-hybridized carbons (Fsp3) is 0.296. The fourth-order valence-electron chi connectivity index (χ4n) is 4.04. The first kappa shape index (κ1) is 26.7. The van der Waals surface area contributed by atoms with Crippen molar-refractivity contribution in [1.82, 2.24) is 14.5 Å². The lowest BCUT2D eigenvalue weighted by Crippen LogP contribution is -2.48. The minimum absolute atomic E-state index is 0.0790. The van der Waals surface area contributed by atoms with Gasteiger partial charge in [-0.1, -0.05) is 54.1 Å². The van der Waals surface area contributed by atoms with Crippen molar-refractivity contribution in [3.05, 3.63) is 101 Å². The van der Waals surface area contributed by atoms with Crippen LogP contribution in [-0.2, 0) is 22.3 Å². The number of amides is 1. The fourth-order valence-corrected chi connectivity index (χ4v) is 6.51. The number of carbonyl (C=O) groups is 1. The molecule has 0 spiro atoms. The zero-order chi connectivity index (χ0) is 25.4. The van der Waals surface area contributed by atoms with Gasteiger partial charge in [0.25, 0.3) is 5.91 Å². The number of carbonyl (C=O) groups excluding carboxylic acids is 1. The Hall–Kier alpha value is -2.36. The number of halogens is 1. The normalized spacial score (nSPS) is 15.0. The van der Waals surface area contributed by atoms with Crippen molar-refractivity contribution in [3.63, 3.8) is 0 Å². The molecule has 9 heteroatoms. The lowest BCUT2D eigenvalue weighted by molar-refractivity contribution is 0.0956. The predicted molar refractivity (Wildman–Crippen MR) is 147 cm³/mol. The van der Waals surface area contributed by atoms with Crippen LogP contribution in [0.1, 0.15) is 21.5 Å². The molecule has 6 nitrogen and oxygen atoms in total. The molecule has 1 aliphatic heterocycles. The van der Waals surface area contributed by atoms with Crippen molar-refractivity contribution in [2.75, 3.05) is 38.5 Å². The highest BCUT2D eigenvalue weighted by atomic mass is 35.5. The molecule has 1 aliphatic rings. The van der Waals surface area contributed by atoms with Crippen molar-refractivity contribution in [2.24, 2.45) is 0 Å². The van der Waals surface area contributed by atoms with Crippen LogP contribution >= 0.6 is 23.4 Å². The number of rotatable bonds is 10. The molecule has 1 saturated heterocycles. The highest BCUT2D eigenvalue weighted by molar-refractivity contribution is 7.98. The molecule has 0 atom stereocenters. The van der Waals surface area contributed by atoms with Crippen LogP contribution in [0.3, 0.4) is 0 Å². The van der Waals surface area contributed by atoms with Gasteiger partial charge in [-0.25, -0.2) is 8.42 Å². The van der Waals surface area contributed by atoms with E-state index in [1.165, 1.54) is 5.56 Å². The van der Waals surface area contributed by atoms with Crippen LogP contribution in [0, 0.1) is 0 Å². The smallest absolute Gasteiger partial charge is 0.251 e. The first-order chi connectivity index (χ1) is 17.4. The Balaban J connectivity index is 1.18. The molecule has 3 aromatic rings. The second-order valence-electron chi connectivity index (χ2n) is 8.63. The number of piperazine rings is 1. The average molecular weight is 544 g/mol. The maximum Gasteiger partial charge on any atom is 0.251 e. The summed E-state index contributed by atoms with van der Waals surface area (Å²) in [5.74, 6) is 1.60. The second kappa shape index (κ2) is 12.7. The van der Waals surface area contributed by atoms with E-state index in [2.05, 4.69) is 10.2 Å². The summed E-state index contributed by atoms with van der Waals surface area (Å²) in [6.07, 6.45) is 0. The minimum atomic E-state index is -3.45. The molecular weight excluding hydrogens is 514 g/mol. The van der Waals surface area contributed by atoms with Crippen molar-refractivity contribution < 1.29 is 13.2 Å². The molecule has 3 aromatic carbocycles. The monoisotopic (exact) mass is 543 g/mol. The number of hydrogen-bond acceptors (Lipinski definition) is 5. The Kier molecular flexibility index (Phi) is 9.45. The van der Waals surface area contributed by atoms with Crippen molar-refractivity contribution in [3.8, 4) is 0 Å². The van der Waals surface area contributed by atoms with Crippen LogP contribution in [0.25, 0.3) is 0 Å². The number of thioether (sulfide) groups is 1. The Morgan fingerprint density at radius 2 is 1.61 bits per heavy atom. The van der Waals surface area contributed by atoms with E-state index in [-0.39, 0.29) is 5.91 Å². The van der Waals surface area contributed by atoms with Gasteiger partial charge in [0.1, 0.15) is 0 Å². The summed E-state index contributed by atoms with van der Waals surface area (Å²) in [6.45, 7) is 3.59. The molecule has 0 radical (unpaired) electrons. The number of benzene rings is 3. The maximum absolute atomic E-state index is 12.8. The summed E-state index contributed by atoms with van der Waals surface area (Å²) in [4.78, 5) is 15.0. The van der Waals surface area contributed by atoms with E-state index in [0.717, 1.165) is 28.6 Å². The molecule has 0 saturated carbocycles. The van der Waals surface area contributed by atoms with Crippen LogP contribution in [0.2, 0.25) is 5.02 Å². The number of nitrogens with zero attached hydrogens (tertiary/aromatic N) is 2. The topological polar surface area (TPSA) is 69.7 Å². The molecule has 0 unspecified atom stereocenters. The van der Waals surface area contributed by atoms with Gasteiger partial charge in [-0.05, 0) is 47.5 Å². The second-order valence-corrected chi connectivity index (χ2v) is 12.1. The molecular formula is C27H30ClN3O3S2. The third-order valence-electron chi connectivity index (χ3n) is 6.02. The number of nitrogens with one attached hydrogen (secondary N) is 1. The molecule has 190 valence electrons. The van der Waals surface area contributed by atoms with E-state index in [9.17, 15) is 13.2 Å². The molecule has 1 N–H and O–H groups in total. The van der Waals surface area contributed by atoms with E-state index in [1.54, 1.807) is 40.3 Å². The summed E-state index contributed by atoms with van der Waals surface area (Å²) in [5.41, 5.74) is 2.91. The predicted octanol–water partition coefficient (Wildman–Crippen LogP) is 4.51. The third kappa shape index (κ3) is 7.33. The van der Waals surface area contributed by atoms with Crippen LogP contribution < -0.4 is 5.32 Å². The van der Waals surface area contributed by atoms with E-state index in [0.29, 0.717) is 43.2 Å².